The Balaban J connectivity index is 1.83. The number of aryl methyl sites for hydroxylation is 1. The van der Waals surface area contributed by atoms with E-state index < -0.39 is 40.2 Å². The summed E-state index contributed by atoms with van der Waals surface area (Å²) in [7, 11) is -4.35. The minimum atomic E-state index is -4.35. The van der Waals surface area contributed by atoms with Crippen LogP contribution in [0.15, 0.2) is 102 Å². The molecule has 0 bridgehead atoms. The molecule has 0 spiro atoms. The Kier molecular flexibility index (Phi) is 11.8. The molecule has 0 aliphatic carbocycles. The van der Waals surface area contributed by atoms with Gasteiger partial charge in [0.05, 0.1) is 20.6 Å². The number of nitrogens with one attached hydrogen (secondary N) is 1. The van der Waals surface area contributed by atoms with Gasteiger partial charge in [0.25, 0.3) is 10.0 Å². The van der Waals surface area contributed by atoms with Crippen molar-refractivity contribution in [3.63, 3.8) is 0 Å². The number of anilines is 1. The first kappa shape index (κ1) is 34.9. The smallest absolute Gasteiger partial charge is 0.264 e. The third kappa shape index (κ3) is 8.66. The molecule has 4 aromatic carbocycles. The van der Waals surface area contributed by atoms with Crippen molar-refractivity contribution in [1.29, 1.82) is 0 Å². The van der Waals surface area contributed by atoms with Gasteiger partial charge in [0.15, 0.2) is 0 Å². The summed E-state index contributed by atoms with van der Waals surface area (Å²) in [6.07, 6.45) is 0.810. The molecule has 46 heavy (non-hydrogen) atoms. The summed E-state index contributed by atoms with van der Waals surface area (Å²) in [5.74, 6) is -1.53. The van der Waals surface area contributed by atoms with Gasteiger partial charge in [-0.25, -0.2) is 12.8 Å². The van der Waals surface area contributed by atoms with Crippen LogP contribution in [0.25, 0.3) is 0 Å². The molecule has 11 heteroatoms. The first-order valence-electron chi connectivity index (χ1n) is 14.8. The molecule has 2 amide bonds. The molecule has 0 aliphatic rings. The monoisotopic (exact) mass is 683 g/mol. The van der Waals surface area contributed by atoms with Gasteiger partial charge >= 0.3 is 0 Å². The second kappa shape index (κ2) is 15.6. The van der Waals surface area contributed by atoms with E-state index in [1.54, 1.807) is 18.2 Å². The molecule has 2 unspecified atom stereocenters. The van der Waals surface area contributed by atoms with E-state index in [1.807, 2.05) is 51.1 Å². The molecule has 0 aliphatic heterocycles. The van der Waals surface area contributed by atoms with Crippen LogP contribution in [0, 0.1) is 12.7 Å². The Bertz CT molecular complexity index is 1760. The first-order chi connectivity index (χ1) is 21.9. The summed E-state index contributed by atoms with van der Waals surface area (Å²) in [6.45, 7) is 4.84. The number of benzene rings is 4. The number of amides is 2. The van der Waals surface area contributed by atoms with Crippen LogP contribution in [0.3, 0.4) is 0 Å². The first-order valence-corrected chi connectivity index (χ1v) is 17.0. The maximum absolute atomic E-state index is 14.5. The number of hydrogen-bond donors (Lipinski definition) is 1. The van der Waals surface area contributed by atoms with Crippen LogP contribution in [0.5, 0.6) is 0 Å². The molecular formula is C35H36Cl2FN3O4S. The lowest BCUT2D eigenvalue weighted by Crippen LogP contribution is -2.54. The largest absolute Gasteiger partial charge is 0.352 e. The topological polar surface area (TPSA) is 86.8 Å². The predicted molar refractivity (Wildman–Crippen MR) is 181 cm³/mol. The van der Waals surface area contributed by atoms with Crippen LogP contribution in [0.2, 0.25) is 10.0 Å². The molecule has 0 heterocycles. The van der Waals surface area contributed by atoms with E-state index >= 15 is 0 Å². The number of carbonyl (C=O) groups is 2. The number of nitrogens with zero attached hydrogens (tertiary/aromatic N) is 2. The fourth-order valence-electron chi connectivity index (χ4n) is 4.82. The zero-order valence-corrected chi connectivity index (χ0v) is 28.1. The minimum absolute atomic E-state index is 0.00786. The molecule has 7 nitrogen and oxygen atoms in total. The van der Waals surface area contributed by atoms with Crippen LogP contribution in [-0.2, 0) is 32.6 Å². The minimum Gasteiger partial charge on any atom is -0.352 e. The Morgan fingerprint density at radius 1 is 0.870 bits per heavy atom. The Hall–Kier alpha value is -3.92. The molecule has 1 N–H and O–H groups in total. The summed E-state index contributed by atoms with van der Waals surface area (Å²) < 4.78 is 43.1. The highest BCUT2D eigenvalue weighted by atomic mass is 35.5. The highest BCUT2D eigenvalue weighted by Crippen LogP contribution is 2.35. The third-order valence-corrected chi connectivity index (χ3v) is 10.2. The van der Waals surface area contributed by atoms with Gasteiger partial charge in [-0.2, -0.15) is 0 Å². The Morgan fingerprint density at radius 3 is 2.15 bits per heavy atom. The highest BCUT2D eigenvalue weighted by molar-refractivity contribution is 7.92. The normalized spacial score (nSPS) is 12.7. The van der Waals surface area contributed by atoms with E-state index in [9.17, 15) is 22.4 Å². The van der Waals surface area contributed by atoms with Crippen LogP contribution in [0.1, 0.15) is 37.0 Å². The molecule has 4 rings (SSSR count). The second-order valence-corrected chi connectivity index (χ2v) is 13.7. The standard InChI is InChI=1S/C35H36Cl2FN3O4S/c1-4-25(3)39-35(43)32(21-26-9-6-5-7-10-26)40(22-27-15-17-28(38)18-16-27)33(42)23-41(31-12-8-11-30(36)34(31)37)46(44,45)29-19-13-24(2)14-20-29/h5-20,25,32H,4,21-23H2,1-3H3,(H,39,43). The molecule has 2 atom stereocenters. The van der Waals surface area contributed by atoms with Crippen LogP contribution in [-0.4, -0.2) is 43.8 Å². The molecule has 0 saturated carbocycles. The number of carbonyl (C=O) groups excluding carboxylic acids is 2. The second-order valence-electron chi connectivity index (χ2n) is 11.1. The van der Waals surface area contributed by atoms with Crippen molar-refractivity contribution in [2.24, 2.45) is 0 Å². The quantitative estimate of drug-likeness (QED) is 0.162. The van der Waals surface area contributed by atoms with Crippen molar-refractivity contribution in [1.82, 2.24) is 10.2 Å². The summed E-state index contributed by atoms with van der Waals surface area (Å²) >= 11 is 12.9. The van der Waals surface area contributed by atoms with Gasteiger partial charge in [0.1, 0.15) is 18.4 Å². The van der Waals surface area contributed by atoms with Gasteiger partial charge in [-0.15, -0.1) is 0 Å². The van der Waals surface area contributed by atoms with Crippen molar-refractivity contribution in [3.05, 3.63) is 130 Å². The number of halogens is 3. The molecule has 242 valence electrons. The van der Waals surface area contributed by atoms with Gasteiger partial charge in [-0.05, 0) is 67.8 Å². The fraction of sp³-hybridized carbons (Fsp3) is 0.257. The SMILES string of the molecule is CCC(C)NC(=O)C(Cc1ccccc1)N(Cc1ccc(F)cc1)C(=O)CN(c1cccc(Cl)c1Cl)S(=O)(=O)c1ccc(C)cc1. The fourth-order valence-corrected chi connectivity index (χ4v) is 6.69. The summed E-state index contributed by atoms with van der Waals surface area (Å²) in [6, 6.07) is 24.3. The molecule has 0 radical (unpaired) electrons. The van der Waals surface area contributed by atoms with Gasteiger partial charge in [0, 0.05) is 19.0 Å². The lowest BCUT2D eigenvalue weighted by molar-refractivity contribution is -0.140. The Labute approximate surface area is 280 Å². The number of sulfonamides is 1. The lowest BCUT2D eigenvalue weighted by Gasteiger charge is -2.34. The number of hydrogen-bond acceptors (Lipinski definition) is 4. The summed E-state index contributed by atoms with van der Waals surface area (Å²) in [5, 5.41) is 3.04. The van der Waals surface area contributed by atoms with Gasteiger partial charge in [-0.3, -0.25) is 13.9 Å². The van der Waals surface area contributed by atoms with Crippen molar-refractivity contribution >= 4 is 50.7 Å². The van der Waals surface area contributed by atoms with Gasteiger partial charge < -0.3 is 10.2 Å². The zero-order valence-electron chi connectivity index (χ0n) is 25.8. The maximum atomic E-state index is 14.5. The molecule has 0 saturated heterocycles. The summed E-state index contributed by atoms with van der Waals surface area (Å²) in [4.78, 5) is 29.7. The maximum Gasteiger partial charge on any atom is 0.264 e. The van der Waals surface area contributed by atoms with E-state index in [1.165, 1.54) is 53.4 Å². The molecular weight excluding hydrogens is 648 g/mol. The predicted octanol–water partition coefficient (Wildman–Crippen LogP) is 7.19. The lowest BCUT2D eigenvalue weighted by atomic mass is 10.0. The summed E-state index contributed by atoms with van der Waals surface area (Å²) in [5.41, 5.74) is 2.21. The Morgan fingerprint density at radius 2 is 1.52 bits per heavy atom. The third-order valence-electron chi connectivity index (χ3n) is 7.63. The van der Waals surface area contributed by atoms with E-state index in [0.29, 0.717) is 12.0 Å². The molecule has 0 aromatic heterocycles. The van der Waals surface area contributed by atoms with Gasteiger partial charge in [-0.1, -0.05) is 96.4 Å². The average Bonchev–Trinajstić information content (AvgIpc) is 3.04. The van der Waals surface area contributed by atoms with E-state index in [4.69, 9.17) is 23.2 Å². The highest BCUT2D eigenvalue weighted by Gasteiger charge is 2.35. The van der Waals surface area contributed by atoms with E-state index in [2.05, 4.69) is 5.32 Å². The van der Waals surface area contributed by atoms with E-state index in [-0.39, 0.29) is 39.6 Å². The van der Waals surface area contributed by atoms with E-state index in [0.717, 1.165) is 15.4 Å². The van der Waals surface area contributed by atoms with Crippen molar-refractivity contribution in [3.8, 4) is 0 Å². The average molecular weight is 685 g/mol. The van der Waals surface area contributed by atoms with Crippen LogP contribution >= 0.6 is 23.2 Å². The van der Waals surface area contributed by atoms with Crippen LogP contribution in [0.4, 0.5) is 10.1 Å². The van der Waals surface area contributed by atoms with Crippen LogP contribution < -0.4 is 9.62 Å². The number of rotatable bonds is 13. The van der Waals surface area contributed by atoms with Gasteiger partial charge in [0.2, 0.25) is 11.8 Å². The zero-order chi connectivity index (χ0) is 33.4. The van der Waals surface area contributed by atoms with Crippen molar-refractivity contribution in [2.45, 2.75) is 57.1 Å². The molecule has 0 fully saturated rings. The van der Waals surface area contributed by atoms with Crippen molar-refractivity contribution in [2.75, 3.05) is 10.8 Å². The van der Waals surface area contributed by atoms with Crippen molar-refractivity contribution < 1.29 is 22.4 Å². The molecule has 4 aromatic rings.